The first kappa shape index (κ1) is 10.6. The minimum atomic E-state index is -0.0528. The van der Waals surface area contributed by atoms with E-state index in [-0.39, 0.29) is 17.2 Å². The minimum absolute atomic E-state index is 0.0528. The predicted octanol–water partition coefficient (Wildman–Crippen LogP) is 2.54. The van der Waals surface area contributed by atoms with Crippen LogP contribution in [0.15, 0.2) is 4.99 Å². The van der Waals surface area contributed by atoms with E-state index in [0.717, 1.165) is 11.8 Å². The van der Waals surface area contributed by atoms with Gasteiger partial charge in [0, 0.05) is 0 Å². The van der Waals surface area contributed by atoms with Gasteiger partial charge in [-0.25, -0.2) is 4.99 Å². The summed E-state index contributed by atoms with van der Waals surface area (Å²) < 4.78 is 11.6. The summed E-state index contributed by atoms with van der Waals surface area (Å²) in [5.74, 6) is 1.65. The Morgan fingerprint density at radius 2 is 2.19 bits per heavy atom. The Bertz CT molecular complexity index is 337. The quantitative estimate of drug-likeness (QED) is 0.640. The van der Waals surface area contributed by atoms with Crippen LogP contribution in [0.4, 0.5) is 0 Å². The maximum Gasteiger partial charge on any atom is 0.217 e. The van der Waals surface area contributed by atoms with Gasteiger partial charge >= 0.3 is 0 Å². The molecule has 2 fully saturated rings. The molecule has 3 rings (SSSR count). The highest BCUT2D eigenvalue weighted by Gasteiger charge is 2.61. The zero-order valence-electron chi connectivity index (χ0n) is 10.5. The number of epoxide rings is 1. The van der Waals surface area contributed by atoms with Gasteiger partial charge in [0.05, 0.1) is 5.54 Å². The van der Waals surface area contributed by atoms with Gasteiger partial charge < -0.3 is 9.47 Å². The lowest BCUT2D eigenvalue weighted by atomic mass is 9.80. The fourth-order valence-corrected chi connectivity index (χ4v) is 3.11. The van der Waals surface area contributed by atoms with E-state index in [1.54, 1.807) is 0 Å². The number of rotatable bonds is 1. The number of nitrogens with zero attached hydrogens (tertiary/aromatic N) is 1. The number of aliphatic imine (C=N–C) groups is 1. The Morgan fingerprint density at radius 3 is 2.81 bits per heavy atom. The largest absolute Gasteiger partial charge is 0.476 e. The molecule has 0 aromatic rings. The van der Waals surface area contributed by atoms with Gasteiger partial charge in [-0.2, -0.15) is 0 Å². The third kappa shape index (κ3) is 1.65. The second kappa shape index (κ2) is 3.22. The standard InChI is InChI=1S/C13H21NO2/c1-9-5-4-6-13(7-9)10(16-13)11-14-12(2,3)8-15-11/h9-10H,4-8H2,1-3H3. The van der Waals surface area contributed by atoms with Crippen LogP contribution in [0.25, 0.3) is 0 Å². The molecule has 1 saturated carbocycles. The van der Waals surface area contributed by atoms with Crippen LogP contribution >= 0.6 is 0 Å². The highest BCUT2D eigenvalue weighted by Crippen LogP contribution is 2.51. The van der Waals surface area contributed by atoms with E-state index in [4.69, 9.17) is 9.47 Å². The summed E-state index contributed by atoms with van der Waals surface area (Å²) in [6, 6.07) is 0. The van der Waals surface area contributed by atoms with Gasteiger partial charge in [0.1, 0.15) is 12.2 Å². The maximum atomic E-state index is 5.94. The molecule has 0 N–H and O–H groups in total. The van der Waals surface area contributed by atoms with Gasteiger partial charge in [-0.1, -0.05) is 19.8 Å². The molecule has 1 saturated heterocycles. The average molecular weight is 223 g/mol. The van der Waals surface area contributed by atoms with Crippen molar-refractivity contribution in [2.24, 2.45) is 10.9 Å². The van der Waals surface area contributed by atoms with E-state index in [1.165, 1.54) is 25.7 Å². The fourth-order valence-electron chi connectivity index (χ4n) is 3.11. The van der Waals surface area contributed by atoms with Crippen LogP contribution in [0.3, 0.4) is 0 Å². The summed E-state index contributed by atoms with van der Waals surface area (Å²) in [5.41, 5.74) is 0.0413. The Morgan fingerprint density at radius 1 is 1.38 bits per heavy atom. The van der Waals surface area contributed by atoms with Crippen molar-refractivity contribution in [3.8, 4) is 0 Å². The van der Waals surface area contributed by atoms with Crippen molar-refractivity contribution >= 4 is 5.90 Å². The van der Waals surface area contributed by atoms with E-state index in [9.17, 15) is 0 Å². The molecule has 3 unspecified atom stereocenters. The molecule has 0 radical (unpaired) electrons. The first-order valence-corrected chi connectivity index (χ1v) is 6.41. The van der Waals surface area contributed by atoms with Gasteiger partial charge in [-0.05, 0) is 32.6 Å². The molecule has 3 nitrogen and oxygen atoms in total. The highest BCUT2D eigenvalue weighted by molar-refractivity contribution is 5.86. The zero-order valence-corrected chi connectivity index (χ0v) is 10.5. The zero-order chi connectivity index (χ0) is 11.4. The van der Waals surface area contributed by atoms with Crippen molar-refractivity contribution in [1.82, 2.24) is 0 Å². The van der Waals surface area contributed by atoms with Crippen LogP contribution in [0.5, 0.6) is 0 Å². The molecule has 3 aliphatic rings. The smallest absolute Gasteiger partial charge is 0.217 e. The predicted molar refractivity (Wildman–Crippen MR) is 62.7 cm³/mol. The third-order valence-electron chi connectivity index (χ3n) is 3.97. The maximum absolute atomic E-state index is 5.94. The molecular weight excluding hydrogens is 202 g/mol. The summed E-state index contributed by atoms with van der Waals surface area (Å²) >= 11 is 0. The minimum Gasteiger partial charge on any atom is -0.476 e. The molecular formula is C13H21NO2. The van der Waals surface area contributed by atoms with Crippen LogP contribution < -0.4 is 0 Å². The normalized spacial score (nSPS) is 45.3. The summed E-state index contributed by atoms with van der Waals surface area (Å²) in [5, 5.41) is 0. The molecule has 2 heterocycles. The fraction of sp³-hybridized carbons (Fsp3) is 0.923. The SMILES string of the molecule is CC1CCCC2(C1)OC2C1=NC(C)(C)CO1. The van der Waals surface area contributed by atoms with Crippen LogP contribution in [0.2, 0.25) is 0 Å². The van der Waals surface area contributed by atoms with E-state index >= 15 is 0 Å². The van der Waals surface area contributed by atoms with Gasteiger partial charge in [0.2, 0.25) is 5.90 Å². The monoisotopic (exact) mass is 223 g/mol. The van der Waals surface area contributed by atoms with Crippen molar-refractivity contribution in [1.29, 1.82) is 0 Å². The number of hydrogen-bond acceptors (Lipinski definition) is 3. The molecule has 0 bridgehead atoms. The van der Waals surface area contributed by atoms with E-state index in [0.29, 0.717) is 6.61 Å². The number of ether oxygens (including phenoxy) is 2. The average Bonchev–Trinajstić information content (AvgIpc) is 2.72. The van der Waals surface area contributed by atoms with Gasteiger partial charge in [-0.15, -0.1) is 0 Å². The molecule has 0 amide bonds. The molecule has 3 heteroatoms. The van der Waals surface area contributed by atoms with Crippen LogP contribution in [-0.4, -0.2) is 29.7 Å². The van der Waals surface area contributed by atoms with E-state index in [2.05, 4.69) is 25.8 Å². The Balaban J connectivity index is 1.71. The molecule has 1 spiro atoms. The van der Waals surface area contributed by atoms with Gasteiger partial charge in [0.15, 0.2) is 6.10 Å². The summed E-state index contributed by atoms with van der Waals surface area (Å²) in [4.78, 5) is 4.63. The Hall–Kier alpha value is -0.570. The van der Waals surface area contributed by atoms with Crippen molar-refractivity contribution in [3.63, 3.8) is 0 Å². The second-order valence-corrected chi connectivity index (χ2v) is 6.32. The second-order valence-electron chi connectivity index (χ2n) is 6.32. The van der Waals surface area contributed by atoms with Crippen LogP contribution in [-0.2, 0) is 9.47 Å². The molecule has 0 aromatic heterocycles. The van der Waals surface area contributed by atoms with Crippen molar-refractivity contribution in [2.45, 2.75) is 63.7 Å². The molecule has 2 aliphatic heterocycles. The van der Waals surface area contributed by atoms with Crippen LogP contribution in [0, 0.1) is 5.92 Å². The van der Waals surface area contributed by atoms with Crippen LogP contribution in [0.1, 0.15) is 46.5 Å². The Kier molecular flexibility index (Phi) is 2.13. The Labute approximate surface area is 97.2 Å². The highest BCUT2D eigenvalue weighted by atomic mass is 16.6. The van der Waals surface area contributed by atoms with Gasteiger partial charge in [0.25, 0.3) is 0 Å². The lowest BCUT2D eigenvalue weighted by Gasteiger charge is -2.24. The first-order valence-electron chi connectivity index (χ1n) is 6.41. The lowest BCUT2D eigenvalue weighted by Crippen LogP contribution is -2.27. The molecule has 1 aliphatic carbocycles. The third-order valence-corrected chi connectivity index (χ3v) is 3.97. The molecule has 0 aromatic carbocycles. The van der Waals surface area contributed by atoms with Gasteiger partial charge in [-0.3, -0.25) is 0 Å². The first-order chi connectivity index (χ1) is 7.51. The lowest BCUT2D eigenvalue weighted by molar-refractivity contribution is 0.197. The van der Waals surface area contributed by atoms with E-state index < -0.39 is 0 Å². The van der Waals surface area contributed by atoms with Crippen molar-refractivity contribution in [2.75, 3.05) is 6.61 Å². The number of hydrogen-bond donors (Lipinski definition) is 0. The van der Waals surface area contributed by atoms with Crippen molar-refractivity contribution in [3.05, 3.63) is 0 Å². The van der Waals surface area contributed by atoms with E-state index in [1.807, 2.05) is 0 Å². The van der Waals surface area contributed by atoms with Crippen molar-refractivity contribution < 1.29 is 9.47 Å². The molecule has 16 heavy (non-hydrogen) atoms. The molecule has 3 atom stereocenters. The summed E-state index contributed by atoms with van der Waals surface area (Å²) in [6.07, 6.45) is 5.16. The summed E-state index contributed by atoms with van der Waals surface area (Å²) in [6.45, 7) is 7.24. The summed E-state index contributed by atoms with van der Waals surface area (Å²) in [7, 11) is 0. The topological polar surface area (TPSA) is 34.1 Å². The molecule has 90 valence electrons.